The molecule has 210 valence electrons. The summed E-state index contributed by atoms with van der Waals surface area (Å²) in [5, 5.41) is 17.0. The number of nitrogens with two attached hydrogens (primary N) is 1. The van der Waals surface area contributed by atoms with Gasteiger partial charge in [0.05, 0.1) is 29.1 Å². The van der Waals surface area contributed by atoms with Crippen LogP contribution in [0.3, 0.4) is 0 Å². The number of anilines is 2. The van der Waals surface area contributed by atoms with Crippen LogP contribution < -0.4 is 19.7 Å². The van der Waals surface area contributed by atoms with Gasteiger partial charge >= 0.3 is 5.97 Å². The summed E-state index contributed by atoms with van der Waals surface area (Å²) in [7, 11) is -4.22. The predicted octanol–water partition coefficient (Wildman–Crippen LogP) is 4.00. The number of hydrogen-bond acceptors (Lipinski definition) is 7. The maximum absolute atomic E-state index is 13.0. The van der Waals surface area contributed by atoms with Crippen LogP contribution in [-0.4, -0.2) is 61.8 Å². The van der Waals surface area contributed by atoms with Gasteiger partial charge in [0, 0.05) is 37.7 Å². The largest absolute Gasteiger partial charge is 0.489 e. The molecule has 10 nitrogen and oxygen atoms in total. The number of nitrogens with one attached hydrogen (secondary N) is 1. The van der Waals surface area contributed by atoms with Crippen LogP contribution in [0.4, 0.5) is 11.4 Å². The van der Waals surface area contributed by atoms with E-state index >= 15 is 0 Å². The molecule has 1 aliphatic heterocycles. The minimum atomic E-state index is -4.22. The monoisotopic (exact) mass is 583 g/mol. The number of sulfonamides is 1. The summed E-state index contributed by atoms with van der Waals surface area (Å²) < 4.78 is 33.1. The Labute approximate surface area is 238 Å². The Balaban J connectivity index is 1.48. The summed E-state index contributed by atoms with van der Waals surface area (Å²) in [6, 6.07) is 15.4. The number of aromatic nitrogens is 1. The molecule has 4 N–H and O–H groups in total. The third kappa shape index (κ3) is 7.51. The Kier molecular flexibility index (Phi) is 9.28. The van der Waals surface area contributed by atoms with Gasteiger partial charge in [0.25, 0.3) is 0 Å². The number of ether oxygens (including phenoxy) is 1. The molecule has 0 radical (unpaired) electrons. The second-order valence-corrected chi connectivity index (χ2v) is 11.6. The van der Waals surface area contributed by atoms with Gasteiger partial charge in [0.2, 0.25) is 10.0 Å². The molecular formula is C28H30ClN5O5S. The van der Waals surface area contributed by atoms with E-state index in [-0.39, 0.29) is 29.2 Å². The summed E-state index contributed by atoms with van der Waals surface area (Å²) >= 11 is 6.52. The first-order valence-electron chi connectivity index (χ1n) is 12.6. The van der Waals surface area contributed by atoms with Crippen molar-refractivity contribution in [3.63, 3.8) is 0 Å². The van der Waals surface area contributed by atoms with Crippen LogP contribution in [0.25, 0.3) is 6.08 Å². The van der Waals surface area contributed by atoms with Crippen molar-refractivity contribution in [1.82, 2.24) is 4.98 Å². The number of piperidine rings is 1. The highest BCUT2D eigenvalue weighted by Gasteiger charge is 2.26. The highest BCUT2D eigenvalue weighted by molar-refractivity contribution is 7.93. The quantitative estimate of drug-likeness (QED) is 0.226. The van der Waals surface area contributed by atoms with Crippen molar-refractivity contribution in [2.24, 2.45) is 5.73 Å². The molecule has 0 amide bonds. The third-order valence-corrected chi connectivity index (χ3v) is 8.31. The number of halogens is 1. The molecule has 2 aromatic carbocycles. The van der Waals surface area contributed by atoms with Crippen LogP contribution in [0.2, 0.25) is 5.02 Å². The summed E-state index contributed by atoms with van der Waals surface area (Å²) in [6.07, 6.45) is 8.34. The van der Waals surface area contributed by atoms with E-state index in [0.717, 1.165) is 35.9 Å². The molecule has 0 unspecified atom stereocenters. The lowest BCUT2D eigenvalue weighted by Gasteiger charge is -2.33. The van der Waals surface area contributed by atoms with Crippen LogP contribution in [-0.2, 0) is 14.8 Å². The fourth-order valence-corrected chi connectivity index (χ4v) is 5.84. The first-order chi connectivity index (χ1) is 19.1. The van der Waals surface area contributed by atoms with Gasteiger partial charge in [-0.25, -0.2) is 8.42 Å². The number of carbonyl (C=O) groups is 1. The highest BCUT2D eigenvalue weighted by Crippen LogP contribution is 2.33. The zero-order valence-electron chi connectivity index (χ0n) is 21.6. The summed E-state index contributed by atoms with van der Waals surface area (Å²) in [6.45, 7) is 1.47. The van der Waals surface area contributed by atoms with Gasteiger partial charge in [-0.05, 0) is 42.0 Å². The molecule has 3 aromatic rings. The topological polar surface area (TPSA) is 150 Å². The molecule has 1 saturated heterocycles. The zero-order chi connectivity index (χ0) is 28.7. The van der Waals surface area contributed by atoms with E-state index in [1.54, 1.807) is 54.7 Å². The van der Waals surface area contributed by atoms with E-state index in [1.807, 2.05) is 18.3 Å². The summed E-state index contributed by atoms with van der Waals surface area (Å²) in [5.41, 5.74) is 8.06. The van der Waals surface area contributed by atoms with Crippen molar-refractivity contribution in [2.45, 2.75) is 18.9 Å². The lowest BCUT2D eigenvalue weighted by atomic mass is 10.1. The molecule has 0 saturated carbocycles. The predicted molar refractivity (Wildman–Crippen MR) is 157 cm³/mol. The number of aliphatic carboxylic acids is 1. The molecule has 0 bridgehead atoms. The van der Waals surface area contributed by atoms with Crippen LogP contribution >= 0.6 is 11.6 Å². The number of benzene rings is 2. The number of carboxylic acids is 1. The molecular weight excluding hydrogens is 554 g/mol. The molecule has 0 atom stereocenters. The normalized spacial score (nSPS) is 14.3. The second kappa shape index (κ2) is 12.8. The average molecular weight is 584 g/mol. The lowest BCUT2D eigenvalue weighted by molar-refractivity contribution is -0.134. The fraction of sp³-hybridized carbons (Fsp3) is 0.250. The average Bonchev–Trinajstić information content (AvgIpc) is 2.92. The Bertz CT molecular complexity index is 1490. The number of nitrogen functional groups attached to an aromatic ring is 1. The number of carboxylic acid groups (broad SMARTS) is 1. The van der Waals surface area contributed by atoms with E-state index in [1.165, 1.54) is 6.07 Å². The molecule has 4 rings (SSSR count). The van der Waals surface area contributed by atoms with Crippen LogP contribution in [0.15, 0.2) is 73.1 Å². The third-order valence-electron chi connectivity index (χ3n) is 6.37. The summed E-state index contributed by atoms with van der Waals surface area (Å²) in [5.74, 6) is -2.20. The highest BCUT2D eigenvalue weighted by atomic mass is 35.5. The van der Waals surface area contributed by atoms with E-state index in [9.17, 15) is 18.3 Å². The van der Waals surface area contributed by atoms with E-state index in [0.29, 0.717) is 16.9 Å². The molecule has 0 aliphatic carbocycles. The van der Waals surface area contributed by atoms with E-state index < -0.39 is 21.7 Å². The Morgan fingerprint density at radius 1 is 1.20 bits per heavy atom. The fourth-order valence-electron chi connectivity index (χ4n) is 4.40. The van der Waals surface area contributed by atoms with Crippen LogP contribution in [0.1, 0.15) is 24.0 Å². The van der Waals surface area contributed by atoms with Crippen LogP contribution in [0.5, 0.6) is 5.75 Å². The van der Waals surface area contributed by atoms with Gasteiger partial charge in [-0.3, -0.25) is 19.5 Å². The number of rotatable bonds is 11. The number of amidine groups is 1. The SMILES string of the molecule is N=C(N)c1cccc(C=CCN(c2ccc(OC3CCN(c4cccnc4)CC3)c(Cl)c2)S(=O)(=O)CC(=O)O)c1. The minimum absolute atomic E-state index is 0.0585. The first-order valence-corrected chi connectivity index (χ1v) is 14.6. The van der Waals surface area contributed by atoms with Gasteiger partial charge in [0.1, 0.15) is 17.7 Å². The molecule has 1 aromatic heterocycles. The van der Waals surface area contributed by atoms with Crippen molar-refractivity contribution >= 4 is 50.9 Å². The lowest BCUT2D eigenvalue weighted by Crippen LogP contribution is -2.38. The Morgan fingerprint density at radius 2 is 1.98 bits per heavy atom. The van der Waals surface area contributed by atoms with Gasteiger partial charge in [-0.1, -0.05) is 42.0 Å². The maximum Gasteiger partial charge on any atom is 0.320 e. The van der Waals surface area contributed by atoms with Crippen LogP contribution in [0, 0.1) is 5.41 Å². The molecule has 2 heterocycles. The minimum Gasteiger partial charge on any atom is -0.489 e. The van der Waals surface area contributed by atoms with Crippen molar-refractivity contribution in [3.8, 4) is 5.75 Å². The van der Waals surface area contributed by atoms with E-state index in [4.69, 9.17) is 27.5 Å². The van der Waals surface area contributed by atoms with Gasteiger partial charge < -0.3 is 20.5 Å². The Hall–Kier alpha value is -4.09. The van der Waals surface area contributed by atoms with Gasteiger partial charge in [-0.15, -0.1) is 0 Å². The smallest absolute Gasteiger partial charge is 0.320 e. The van der Waals surface area contributed by atoms with Crippen molar-refractivity contribution in [1.29, 1.82) is 5.41 Å². The molecule has 1 aliphatic rings. The summed E-state index contributed by atoms with van der Waals surface area (Å²) in [4.78, 5) is 17.7. The van der Waals surface area contributed by atoms with Crippen molar-refractivity contribution in [3.05, 3.63) is 89.2 Å². The number of hydrogen-bond donors (Lipinski definition) is 3. The number of pyridine rings is 1. The van der Waals surface area contributed by atoms with Gasteiger partial charge in [-0.2, -0.15) is 0 Å². The van der Waals surface area contributed by atoms with Gasteiger partial charge in [0.15, 0.2) is 5.75 Å². The number of nitrogens with zero attached hydrogens (tertiary/aromatic N) is 3. The zero-order valence-corrected chi connectivity index (χ0v) is 23.2. The maximum atomic E-state index is 13.0. The van der Waals surface area contributed by atoms with Crippen molar-refractivity contribution in [2.75, 3.05) is 34.6 Å². The first kappa shape index (κ1) is 28.9. The molecule has 0 spiro atoms. The van der Waals surface area contributed by atoms with E-state index in [2.05, 4.69) is 9.88 Å². The molecule has 1 fully saturated rings. The Morgan fingerprint density at radius 3 is 2.62 bits per heavy atom. The van der Waals surface area contributed by atoms with Crippen molar-refractivity contribution < 1.29 is 23.1 Å². The molecule has 12 heteroatoms. The standard InChI is InChI=1S/C28H30ClN5O5S/c29-25-17-22(8-9-26(25)39-24-10-14-33(15-11-24)23-7-2-12-32-18-23)34(40(37,38)19-27(35)36)13-3-5-20-4-1-6-21(16-20)28(30)31/h1-9,12,16-18,24H,10-11,13-15,19H2,(H3,30,31)(H,35,36). The molecule has 40 heavy (non-hydrogen) atoms. The second-order valence-electron chi connectivity index (χ2n) is 9.25.